The van der Waals surface area contributed by atoms with Crippen LogP contribution in [0.2, 0.25) is 5.02 Å². The van der Waals surface area contributed by atoms with E-state index in [-0.39, 0.29) is 17.2 Å². The Bertz CT molecular complexity index is 1290. The van der Waals surface area contributed by atoms with Crippen molar-refractivity contribution in [2.45, 2.75) is 57.1 Å². The van der Waals surface area contributed by atoms with Crippen molar-refractivity contribution in [2.24, 2.45) is 0 Å². The Morgan fingerprint density at radius 1 is 1.19 bits per heavy atom. The molecule has 0 spiro atoms. The molecule has 2 atom stereocenters. The fourth-order valence-electron chi connectivity index (χ4n) is 3.56. The number of hydrogen-bond acceptors (Lipinski definition) is 5. The standard InChI is InChI=1S/C24H26ClN5OS/c1-5-15(3)26-23(31)16(4)32-24-27-22-21(28-29-24)19-11-14(2)9-10-20(19)30(22)13-17-7-6-8-18(25)12-17/h6-12,15-16H,5,13H2,1-4H3,(H,26,31). The molecule has 6 nitrogen and oxygen atoms in total. The Hall–Kier alpha value is -2.64. The highest BCUT2D eigenvalue weighted by molar-refractivity contribution is 8.00. The Kier molecular flexibility index (Phi) is 6.67. The van der Waals surface area contributed by atoms with Gasteiger partial charge >= 0.3 is 0 Å². The van der Waals surface area contributed by atoms with Gasteiger partial charge in [0.15, 0.2) is 5.65 Å². The number of thioether (sulfide) groups is 1. The number of aromatic nitrogens is 4. The summed E-state index contributed by atoms with van der Waals surface area (Å²) in [6, 6.07) is 14.2. The number of nitrogens with zero attached hydrogens (tertiary/aromatic N) is 4. The number of carbonyl (C=O) groups is 1. The average molecular weight is 468 g/mol. The van der Waals surface area contributed by atoms with Crippen molar-refractivity contribution < 1.29 is 4.79 Å². The second-order valence-corrected chi connectivity index (χ2v) is 9.83. The third-order valence-electron chi connectivity index (χ3n) is 5.48. The number of amides is 1. The van der Waals surface area contributed by atoms with E-state index in [1.54, 1.807) is 0 Å². The molecule has 0 aliphatic carbocycles. The van der Waals surface area contributed by atoms with E-state index in [1.165, 1.54) is 11.8 Å². The molecule has 166 valence electrons. The zero-order valence-corrected chi connectivity index (χ0v) is 20.2. The number of nitrogens with one attached hydrogen (secondary N) is 1. The zero-order chi connectivity index (χ0) is 22.8. The van der Waals surface area contributed by atoms with Crippen LogP contribution in [-0.4, -0.2) is 36.9 Å². The molecule has 2 aromatic heterocycles. The van der Waals surface area contributed by atoms with Crippen molar-refractivity contribution in [2.75, 3.05) is 0 Å². The lowest BCUT2D eigenvalue weighted by Gasteiger charge is -2.15. The SMILES string of the molecule is CCC(C)NC(=O)C(C)Sc1nnc2c3cc(C)ccc3n(Cc3cccc(Cl)c3)c2n1. The lowest BCUT2D eigenvalue weighted by atomic mass is 10.1. The van der Waals surface area contributed by atoms with Crippen molar-refractivity contribution in [3.8, 4) is 0 Å². The van der Waals surface area contributed by atoms with E-state index in [0.29, 0.717) is 16.7 Å². The van der Waals surface area contributed by atoms with Crippen LogP contribution >= 0.6 is 23.4 Å². The first-order chi connectivity index (χ1) is 15.4. The number of hydrogen-bond donors (Lipinski definition) is 1. The summed E-state index contributed by atoms with van der Waals surface area (Å²) in [5, 5.41) is 13.7. The Morgan fingerprint density at radius 3 is 2.75 bits per heavy atom. The van der Waals surface area contributed by atoms with Gasteiger partial charge in [0.25, 0.3) is 0 Å². The Balaban J connectivity index is 1.74. The molecule has 0 aliphatic rings. The quantitative estimate of drug-likeness (QED) is 0.369. The maximum Gasteiger partial charge on any atom is 0.233 e. The second kappa shape index (κ2) is 9.46. The molecule has 1 amide bonds. The van der Waals surface area contributed by atoms with Crippen LogP contribution in [0.15, 0.2) is 47.6 Å². The van der Waals surface area contributed by atoms with Crippen LogP contribution in [-0.2, 0) is 11.3 Å². The fraction of sp³-hybridized carbons (Fsp3) is 0.333. The number of fused-ring (bicyclic) bond motifs is 3. The van der Waals surface area contributed by atoms with Crippen LogP contribution in [0.4, 0.5) is 0 Å². The van der Waals surface area contributed by atoms with Crippen molar-refractivity contribution in [1.29, 1.82) is 0 Å². The minimum absolute atomic E-state index is 0.0249. The topological polar surface area (TPSA) is 72.7 Å². The second-order valence-electron chi connectivity index (χ2n) is 8.08. The van der Waals surface area contributed by atoms with Gasteiger partial charge in [-0.3, -0.25) is 4.79 Å². The number of benzene rings is 2. The average Bonchev–Trinajstić information content (AvgIpc) is 3.05. The Morgan fingerprint density at radius 2 is 2.00 bits per heavy atom. The van der Waals surface area contributed by atoms with Crippen LogP contribution < -0.4 is 5.32 Å². The van der Waals surface area contributed by atoms with Crippen molar-refractivity contribution in [3.63, 3.8) is 0 Å². The molecule has 0 aliphatic heterocycles. The molecule has 0 saturated heterocycles. The van der Waals surface area contributed by atoms with Gasteiger partial charge in [-0.2, -0.15) is 0 Å². The van der Waals surface area contributed by atoms with Crippen molar-refractivity contribution in [3.05, 3.63) is 58.6 Å². The van der Waals surface area contributed by atoms with E-state index < -0.39 is 0 Å². The predicted octanol–water partition coefficient (Wildman–Crippen LogP) is 5.38. The summed E-state index contributed by atoms with van der Waals surface area (Å²) in [6.07, 6.45) is 0.885. The minimum atomic E-state index is -0.323. The molecule has 0 bridgehead atoms. The number of rotatable bonds is 7. The normalized spacial score (nSPS) is 13.4. The summed E-state index contributed by atoms with van der Waals surface area (Å²) in [7, 11) is 0. The van der Waals surface area contributed by atoms with Crippen LogP contribution in [0.3, 0.4) is 0 Å². The van der Waals surface area contributed by atoms with Crippen LogP contribution in [0, 0.1) is 6.92 Å². The summed E-state index contributed by atoms with van der Waals surface area (Å²) in [5.74, 6) is -0.0249. The maximum absolute atomic E-state index is 12.5. The molecule has 4 aromatic rings. The third-order valence-corrected chi connectivity index (χ3v) is 6.67. The molecular weight excluding hydrogens is 442 g/mol. The first-order valence-electron chi connectivity index (χ1n) is 10.7. The molecule has 1 N–H and O–H groups in total. The van der Waals surface area contributed by atoms with Gasteiger partial charge in [0.05, 0.1) is 10.8 Å². The molecule has 2 aromatic carbocycles. The van der Waals surface area contributed by atoms with E-state index in [2.05, 4.69) is 45.2 Å². The first kappa shape index (κ1) is 22.6. The number of halogens is 1. The van der Waals surface area contributed by atoms with Gasteiger partial charge in [-0.25, -0.2) is 4.98 Å². The van der Waals surface area contributed by atoms with Gasteiger partial charge in [0, 0.05) is 23.0 Å². The third kappa shape index (κ3) is 4.74. The smallest absolute Gasteiger partial charge is 0.233 e. The van der Waals surface area contributed by atoms with E-state index in [4.69, 9.17) is 16.6 Å². The maximum atomic E-state index is 12.5. The highest BCUT2D eigenvalue weighted by atomic mass is 35.5. The molecule has 4 rings (SSSR count). The summed E-state index contributed by atoms with van der Waals surface area (Å²) in [4.78, 5) is 17.3. The highest BCUT2D eigenvalue weighted by Crippen LogP contribution is 2.30. The van der Waals surface area contributed by atoms with Crippen molar-refractivity contribution >= 4 is 51.3 Å². The number of aryl methyl sites for hydroxylation is 1. The monoisotopic (exact) mass is 467 g/mol. The summed E-state index contributed by atoms with van der Waals surface area (Å²) in [6.45, 7) is 8.57. The van der Waals surface area contributed by atoms with E-state index in [0.717, 1.165) is 39.6 Å². The number of carbonyl (C=O) groups excluding carboxylic acids is 1. The van der Waals surface area contributed by atoms with Gasteiger partial charge < -0.3 is 9.88 Å². The fourth-order valence-corrected chi connectivity index (χ4v) is 4.49. The molecule has 8 heteroatoms. The van der Waals surface area contributed by atoms with Gasteiger partial charge in [-0.15, -0.1) is 10.2 Å². The van der Waals surface area contributed by atoms with Gasteiger partial charge in [-0.1, -0.05) is 54.0 Å². The highest BCUT2D eigenvalue weighted by Gasteiger charge is 2.20. The summed E-state index contributed by atoms with van der Waals surface area (Å²) < 4.78 is 2.14. The van der Waals surface area contributed by atoms with Crippen LogP contribution in [0.1, 0.15) is 38.3 Å². The van der Waals surface area contributed by atoms with Crippen LogP contribution in [0.5, 0.6) is 0 Å². The molecule has 0 saturated carbocycles. The summed E-state index contributed by atoms with van der Waals surface area (Å²) >= 11 is 7.53. The lowest BCUT2D eigenvalue weighted by Crippen LogP contribution is -2.37. The van der Waals surface area contributed by atoms with Gasteiger partial charge in [-0.05, 0) is 57.0 Å². The van der Waals surface area contributed by atoms with Gasteiger partial charge in [0.2, 0.25) is 11.1 Å². The van der Waals surface area contributed by atoms with Gasteiger partial charge in [0.1, 0.15) is 5.52 Å². The Labute approximate surface area is 196 Å². The van der Waals surface area contributed by atoms with Crippen molar-refractivity contribution in [1.82, 2.24) is 25.1 Å². The summed E-state index contributed by atoms with van der Waals surface area (Å²) in [5.41, 5.74) is 4.77. The van der Waals surface area contributed by atoms with E-state index >= 15 is 0 Å². The molecule has 0 fully saturated rings. The molecule has 2 unspecified atom stereocenters. The van der Waals surface area contributed by atoms with Crippen LogP contribution in [0.25, 0.3) is 22.1 Å². The molecule has 0 radical (unpaired) electrons. The lowest BCUT2D eigenvalue weighted by molar-refractivity contribution is -0.120. The molecule has 32 heavy (non-hydrogen) atoms. The largest absolute Gasteiger partial charge is 0.353 e. The zero-order valence-electron chi connectivity index (χ0n) is 18.6. The van der Waals surface area contributed by atoms with E-state index in [1.807, 2.05) is 45.0 Å². The minimum Gasteiger partial charge on any atom is -0.353 e. The first-order valence-corrected chi connectivity index (χ1v) is 12.0. The predicted molar refractivity (Wildman–Crippen MR) is 131 cm³/mol. The molecule has 2 heterocycles. The molecular formula is C24H26ClN5OS. The van der Waals surface area contributed by atoms with E-state index in [9.17, 15) is 4.79 Å².